The van der Waals surface area contributed by atoms with Gasteiger partial charge in [-0.15, -0.1) is 0 Å². The van der Waals surface area contributed by atoms with Crippen LogP contribution in [-0.4, -0.2) is 30.0 Å². The van der Waals surface area contributed by atoms with Crippen LogP contribution >= 0.6 is 0 Å². The molecule has 0 aliphatic heterocycles. The van der Waals surface area contributed by atoms with Gasteiger partial charge in [0.25, 0.3) is 0 Å². The minimum atomic E-state index is -1.30. The SMILES string of the molecule is O=CC(NOCCCc1ccccc1)C(=O)O. The van der Waals surface area contributed by atoms with E-state index in [9.17, 15) is 9.59 Å². The molecule has 92 valence electrons. The standard InChI is InChI=1S/C12H15NO4/c14-9-11(12(15)16)13-17-8-4-7-10-5-2-1-3-6-10/h1-3,5-6,9,11,13H,4,7-8H2,(H,15,16). The number of hydrogen-bond acceptors (Lipinski definition) is 4. The van der Waals surface area contributed by atoms with Crippen LogP contribution in [0.2, 0.25) is 0 Å². The number of aldehydes is 1. The first kappa shape index (κ1) is 13.3. The molecule has 5 nitrogen and oxygen atoms in total. The molecule has 0 saturated heterocycles. The van der Waals surface area contributed by atoms with Crippen molar-refractivity contribution in [2.75, 3.05) is 6.61 Å². The highest BCUT2D eigenvalue weighted by Crippen LogP contribution is 2.01. The third kappa shape index (κ3) is 5.24. The second-order valence-corrected chi connectivity index (χ2v) is 3.51. The fourth-order valence-corrected chi connectivity index (χ4v) is 1.28. The number of carboxylic acids is 1. The molecule has 0 saturated carbocycles. The van der Waals surface area contributed by atoms with Crippen LogP contribution in [0, 0.1) is 0 Å². The molecule has 0 amide bonds. The van der Waals surface area contributed by atoms with Crippen LogP contribution in [0.3, 0.4) is 0 Å². The highest BCUT2D eigenvalue weighted by atomic mass is 16.6. The Morgan fingerprint density at radius 1 is 1.41 bits per heavy atom. The number of aryl methyl sites for hydroxylation is 1. The van der Waals surface area contributed by atoms with Gasteiger partial charge in [0.05, 0.1) is 6.61 Å². The minimum Gasteiger partial charge on any atom is -0.480 e. The quantitative estimate of drug-likeness (QED) is 0.302. The molecule has 0 aliphatic rings. The number of hydroxylamine groups is 1. The Morgan fingerprint density at radius 2 is 2.12 bits per heavy atom. The molecule has 1 atom stereocenters. The lowest BCUT2D eigenvalue weighted by molar-refractivity contribution is -0.146. The Balaban J connectivity index is 2.12. The van der Waals surface area contributed by atoms with Gasteiger partial charge in [0, 0.05) is 0 Å². The zero-order valence-electron chi connectivity index (χ0n) is 9.33. The summed E-state index contributed by atoms with van der Waals surface area (Å²) in [5.41, 5.74) is 3.38. The monoisotopic (exact) mass is 237 g/mol. The molecule has 0 spiro atoms. The van der Waals surface area contributed by atoms with E-state index in [4.69, 9.17) is 9.94 Å². The number of aliphatic carboxylic acids is 1. The normalized spacial score (nSPS) is 12.0. The first-order valence-corrected chi connectivity index (χ1v) is 5.33. The predicted octanol–water partition coefficient (Wildman–Crippen LogP) is 0.792. The number of benzene rings is 1. The fourth-order valence-electron chi connectivity index (χ4n) is 1.28. The number of carboxylic acid groups (broad SMARTS) is 1. The van der Waals surface area contributed by atoms with Crippen LogP contribution in [-0.2, 0) is 20.8 Å². The third-order valence-electron chi connectivity index (χ3n) is 2.17. The summed E-state index contributed by atoms with van der Waals surface area (Å²) in [5, 5.41) is 8.53. The Labute approximate surface area is 99.4 Å². The lowest BCUT2D eigenvalue weighted by Gasteiger charge is -2.08. The van der Waals surface area contributed by atoms with Gasteiger partial charge in [-0.25, -0.2) is 4.79 Å². The van der Waals surface area contributed by atoms with E-state index in [1.165, 1.54) is 5.56 Å². The van der Waals surface area contributed by atoms with Gasteiger partial charge in [-0.3, -0.25) is 0 Å². The van der Waals surface area contributed by atoms with Gasteiger partial charge in [0.2, 0.25) is 0 Å². The topological polar surface area (TPSA) is 75.6 Å². The maximum Gasteiger partial charge on any atom is 0.330 e. The molecular weight excluding hydrogens is 222 g/mol. The molecule has 0 heterocycles. The van der Waals surface area contributed by atoms with Gasteiger partial charge < -0.3 is 14.7 Å². The largest absolute Gasteiger partial charge is 0.480 e. The molecule has 1 unspecified atom stereocenters. The smallest absolute Gasteiger partial charge is 0.330 e. The van der Waals surface area contributed by atoms with Gasteiger partial charge in [0.15, 0.2) is 12.3 Å². The van der Waals surface area contributed by atoms with E-state index in [2.05, 4.69) is 5.48 Å². The highest BCUT2D eigenvalue weighted by Gasteiger charge is 2.14. The number of rotatable bonds is 8. The molecule has 5 heteroatoms. The molecule has 1 aromatic rings. The number of hydrogen-bond donors (Lipinski definition) is 2. The molecule has 0 fully saturated rings. The molecule has 0 radical (unpaired) electrons. The summed E-state index contributed by atoms with van der Waals surface area (Å²) in [7, 11) is 0. The maximum absolute atomic E-state index is 10.4. The zero-order chi connectivity index (χ0) is 12.5. The van der Waals surface area contributed by atoms with E-state index in [-0.39, 0.29) is 0 Å². The molecule has 1 rings (SSSR count). The van der Waals surface area contributed by atoms with Crippen LogP contribution < -0.4 is 5.48 Å². The fraction of sp³-hybridized carbons (Fsp3) is 0.333. The Morgan fingerprint density at radius 3 is 2.71 bits per heavy atom. The number of carbonyl (C=O) groups is 2. The number of nitrogens with one attached hydrogen (secondary N) is 1. The molecular formula is C12H15NO4. The summed E-state index contributed by atoms with van der Waals surface area (Å²) in [5.74, 6) is -1.25. The maximum atomic E-state index is 10.4. The van der Waals surface area contributed by atoms with E-state index in [1.807, 2.05) is 30.3 Å². The lowest BCUT2D eigenvalue weighted by atomic mass is 10.1. The van der Waals surface area contributed by atoms with Gasteiger partial charge >= 0.3 is 5.97 Å². The summed E-state index contributed by atoms with van der Waals surface area (Å²) in [4.78, 5) is 25.7. The minimum absolute atomic E-state index is 0.291. The Hall–Kier alpha value is -1.72. The first-order chi connectivity index (χ1) is 8.24. The van der Waals surface area contributed by atoms with E-state index in [0.717, 1.165) is 12.8 Å². The van der Waals surface area contributed by atoms with Gasteiger partial charge in [0.1, 0.15) is 0 Å². The molecule has 0 aliphatic carbocycles. The van der Waals surface area contributed by atoms with Gasteiger partial charge in [-0.2, -0.15) is 5.48 Å². The van der Waals surface area contributed by atoms with Crippen molar-refractivity contribution in [2.45, 2.75) is 18.9 Å². The molecule has 1 aromatic carbocycles. The first-order valence-electron chi connectivity index (χ1n) is 5.33. The second-order valence-electron chi connectivity index (χ2n) is 3.51. The van der Waals surface area contributed by atoms with Crippen molar-refractivity contribution in [1.29, 1.82) is 0 Å². The van der Waals surface area contributed by atoms with Crippen LogP contribution in [0.25, 0.3) is 0 Å². The van der Waals surface area contributed by atoms with E-state index >= 15 is 0 Å². The third-order valence-corrected chi connectivity index (χ3v) is 2.17. The second kappa shape index (κ2) is 7.54. The van der Waals surface area contributed by atoms with E-state index in [1.54, 1.807) is 0 Å². The number of carbonyl (C=O) groups excluding carboxylic acids is 1. The van der Waals surface area contributed by atoms with Crippen LogP contribution in [0.4, 0.5) is 0 Å². The van der Waals surface area contributed by atoms with Crippen LogP contribution in [0.5, 0.6) is 0 Å². The van der Waals surface area contributed by atoms with E-state index < -0.39 is 12.0 Å². The van der Waals surface area contributed by atoms with Gasteiger partial charge in [-0.05, 0) is 18.4 Å². The van der Waals surface area contributed by atoms with Gasteiger partial charge in [-0.1, -0.05) is 30.3 Å². The molecule has 0 bridgehead atoms. The summed E-state index contributed by atoms with van der Waals surface area (Å²) in [6.07, 6.45) is 1.89. The lowest BCUT2D eigenvalue weighted by Crippen LogP contribution is -2.38. The van der Waals surface area contributed by atoms with Crippen molar-refractivity contribution >= 4 is 12.3 Å². The zero-order valence-corrected chi connectivity index (χ0v) is 9.33. The average molecular weight is 237 g/mol. The Bertz CT molecular complexity index is 353. The molecule has 17 heavy (non-hydrogen) atoms. The Kier molecular flexibility index (Phi) is 5.92. The molecule has 2 N–H and O–H groups in total. The summed E-state index contributed by atoms with van der Waals surface area (Å²) >= 11 is 0. The highest BCUT2D eigenvalue weighted by molar-refractivity contribution is 5.90. The predicted molar refractivity (Wildman–Crippen MR) is 61.3 cm³/mol. The van der Waals surface area contributed by atoms with Crippen molar-refractivity contribution in [3.8, 4) is 0 Å². The van der Waals surface area contributed by atoms with Crippen molar-refractivity contribution in [2.24, 2.45) is 0 Å². The van der Waals surface area contributed by atoms with Crippen molar-refractivity contribution in [3.63, 3.8) is 0 Å². The van der Waals surface area contributed by atoms with Crippen molar-refractivity contribution in [3.05, 3.63) is 35.9 Å². The van der Waals surface area contributed by atoms with E-state index in [0.29, 0.717) is 12.9 Å². The van der Waals surface area contributed by atoms with Crippen LogP contribution in [0.1, 0.15) is 12.0 Å². The average Bonchev–Trinajstić information content (AvgIpc) is 2.34. The van der Waals surface area contributed by atoms with Crippen molar-refractivity contribution < 1.29 is 19.5 Å². The van der Waals surface area contributed by atoms with Crippen molar-refractivity contribution in [1.82, 2.24) is 5.48 Å². The summed E-state index contributed by atoms with van der Waals surface area (Å²) < 4.78 is 0. The summed E-state index contributed by atoms with van der Waals surface area (Å²) in [6, 6.07) is 8.59. The summed E-state index contributed by atoms with van der Waals surface area (Å²) in [6.45, 7) is 0.354. The van der Waals surface area contributed by atoms with Crippen LogP contribution in [0.15, 0.2) is 30.3 Å². The molecule has 0 aromatic heterocycles.